The molecule has 1 atom stereocenters. The fourth-order valence-electron chi connectivity index (χ4n) is 2.70. The Balaban J connectivity index is 1.40. The standard InChI is InChI=1S/C17H12Cl2O5/c18-11-1-2-13-10(5-11)6-15(24-13)17(20)21-7-9-3-12(19)16-14(4-9)22-8-23-16/h1-5,15H,6-8H2. The zero-order valence-electron chi connectivity index (χ0n) is 12.4. The quantitative estimate of drug-likeness (QED) is 0.773. The van der Waals surface area contributed by atoms with Gasteiger partial charge in [-0.25, -0.2) is 4.79 Å². The first-order valence-corrected chi connectivity index (χ1v) is 8.05. The molecule has 0 aromatic heterocycles. The number of hydrogen-bond acceptors (Lipinski definition) is 5. The van der Waals surface area contributed by atoms with Crippen molar-refractivity contribution in [3.63, 3.8) is 0 Å². The molecule has 0 aliphatic carbocycles. The average molecular weight is 367 g/mol. The van der Waals surface area contributed by atoms with Gasteiger partial charge in [0.1, 0.15) is 12.4 Å². The van der Waals surface area contributed by atoms with Gasteiger partial charge in [0.2, 0.25) is 6.79 Å². The molecule has 5 nitrogen and oxygen atoms in total. The van der Waals surface area contributed by atoms with Gasteiger partial charge in [-0.2, -0.15) is 0 Å². The summed E-state index contributed by atoms with van der Waals surface area (Å²) in [7, 11) is 0. The number of carbonyl (C=O) groups is 1. The molecule has 24 heavy (non-hydrogen) atoms. The molecule has 2 aliphatic rings. The summed E-state index contributed by atoms with van der Waals surface area (Å²) >= 11 is 12.1. The number of fused-ring (bicyclic) bond motifs is 2. The molecule has 0 spiro atoms. The van der Waals surface area contributed by atoms with E-state index in [2.05, 4.69) is 0 Å². The van der Waals surface area contributed by atoms with Crippen LogP contribution in [-0.2, 0) is 22.6 Å². The Kier molecular flexibility index (Phi) is 3.90. The number of esters is 1. The van der Waals surface area contributed by atoms with Gasteiger partial charge < -0.3 is 18.9 Å². The summed E-state index contributed by atoms with van der Waals surface area (Å²) in [6.45, 7) is 0.210. The van der Waals surface area contributed by atoms with Crippen LogP contribution in [0.3, 0.4) is 0 Å². The van der Waals surface area contributed by atoms with E-state index in [4.69, 9.17) is 42.1 Å². The van der Waals surface area contributed by atoms with Crippen molar-refractivity contribution in [3.8, 4) is 17.2 Å². The number of halogens is 2. The molecule has 2 heterocycles. The van der Waals surface area contributed by atoms with E-state index >= 15 is 0 Å². The molecule has 0 bridgehead atoms. The van der Waals surface area contributed by atoms with Crippen molar-refractivity contribution in [2.24, 2.45) is 0 Å². The van der Waals surface area contributed by atoms with E-state index in [-0.39, 0.29) is 13.4 Å². The predicted molar refractivity (Wildman–Crippen MR) is 86.9 cm³/mol. The van der Waals surface area contributed by atoms with Crippen molar-refractivity contribution in [1.29, 1.82) is 0 Å². The Bertz CT molecular complexity index is 821. The zero-order valence-corrected chi connectivity index (χ0v) is 13.9. The molecule has 124 valence electrons. The fourth-order valence-corrected chi connectivity index (χ4v) is 3.18. The van der Waals surface area contributed by atoms with Crippen molar-refractivity contribution in [3.05, 3.63) is 51.5 Å². The summed E-state index contributed by atoms with van der Waals surface area (Å²) in [5, 5.41) is 1.04. The van der Waals surface area contributed by atoms with Gasteiger partial charge in [0.15, 0.2) is 17.6 Å². The van der Waals surface area contributed by atoms with E-state index < -0.39 is 12.1 Å². The Labute approximate surface area is 148 Å². The second-order valence-corrected chi connectivity index (χ2v) is 6.33. The highest BCUT2D eigenvalue weighted by atomic mass is 35.5. The zero-order chi connectivity index (χ0) is 16.7. The van der Waals surface area contributed by atoms with Gasteiger partial charge in [-0.1, -0.05) is 23.2 Å². The minimum absolute atomic E-state index is 0.0756. The average Bonchev–Trinajstić information content (AvgIpc) is 3.18. The van der Waals surface area contributed by atoms with Crippen molar-refractivity contribution in [2.75, 3.05) is 6.79 Å². The van der Waals surface area contributed by atoms with Crippen LogP contribution in [0.1, 0.15) is 11.1 Å². The van der Waals surface area contributed by atoms with Gasteiger partial charge >= 0.3 is 5.97 Å². The highest BCUT2D eigenvalue weighted by molar-refractivity contribution is 6.32. The van der Waals surface area contributed by atoms with Gasteiger partial charge in [0, 0.05) is 11.4 Å². The molecule has 0 saturated carbocycles. The van der Waals surface area contributed by atoms with Crippen LogP contribution in [0.4, 0.5) is 0 Å². The van der Waals surface area contributed by atoms with E-state index in [0.29, 0.717) is 33.7 Å². The topological polar surface area (TPSA) is 54.0 Å². The molecule has 4 rings (SSSR count). The molecule has 0 saturated heterocycles. The van der Waals surface area contributed by atoms with Crippen LogP contribution in [0.2, 0.25) is 10.0 Å². The molecule has 0 amide bonds. The van der Waals surface area contributed by atoms with Gasteiger partial charge in [-0.15, -0.1) is 0 Å². The predicted octanol–water partition coefficient (Wildman–Crippen LogP) is 3.77. The SMILES string of the molecule is O=C(OCc1cc(Cl)c2c(c1)OCO2)C1Cc2cc(Cl)ccc2O1. The summed E-state index contributed by atoms with van der Waals surface area (Å²) in [4.78, 5) is 12.2. The highest BCUT2D eigenvalue weighted by Crippen LogP contribution is 2.40. The van der Waals surface area contributed by atoms with Crippen LogP contribution in [0.25, 0.3) is 0 Å². The smallest absolute Gasteiger partial charge is 0.348 e. The summed E-state index contributed by atoms with van der Waals surface area (Å²) in [6, 6.07) is 8.70. The van der Waals surface area contributed by atoms with Crippen LogP contribution in [0.15, 0.2) is 30.3 Å². The van der Waals surface area contributed by atoms with Crippen LogP contribution in [-0.4, -0.2) is 18.9 Å². The van der Waals surface area contributed by atoms with Gasteiger partial charge in [0.05, 0.1) is 5.02 Å². The van der Waals surface area contributed by atoms with E-state index in [1.54, 1.807) is 30.3 Å². The molecule has 1 unspecified atom stereocenters. The number of hydrogen-bond donors (Lipinski definition) is 0. The molecule has 2 aromatic rings. The van der Waals surface area contributed by atoms with Crippen LogP contribution >= 0.6 is 23.2 Å². The lowest BCUT2D eigenvalue weighted by Crippen LogP contribution is -2.27. The van der Waals surface area contributed by atoms with Crippen LogP contribution in [0.5, 0.6) is 17.2 Å². The maximum absolute atomic E-state index is 12.2. The molecular weight excluding hydrogens is 355 g/mol. The lowest BCUT2D eigenvalue weighted by molar-refractivity contribution is -0.152. The maximum Gasteiger partial charge on any atom is 0.348 e. The summed E-state index contributed by atoms with van der Waals surface area (Å²) in [6.07, 6.45) is -0.223. The summed E-state index contributed by atoms with van der Waals surface area (Å²) < 4.78 is 21.5. The molecule has 2 aliphatic heterocycles. The first-order chi connectivity index (χ1) is 11.6. The normalized spacial score (nSPS) is 17.3. The first kappa shape index (κ1) is 15.4. The number of carbonyl (C=O) groups excluding carboxylic acids is 1. The van der Waals surface area contributed by atoms with E-state index in [1.807, 2.05) is 0 Å². The van der Waals surface area contributed by atoms with E-state index in [1.165, 1.54) is 0 Å². The fraction of sp³-hybridized carbons (Fsp3) is 0.235. The lowest BCUT2D eigenvalue weighted by Gasteiger charge is -2.11. The minimum atomic E-state index is -0.664. The molecule has 7 heteroatoms. The van der Waals surface area contributed by atoms with Crippen molar-refractivity contribution < 1.29 is 23.7 Å². The second kappa shape index (κ2) is 6.07. The number of rotatable bonds is 3. The maximum atomic E-state index is 12.2. The van der Waals surface area contributed by atoms with E-state index in [9.17, 15) is 4.79 Å². The van der Waals surface area contributed by atoms with Crippen molar-refractivity contribution in [2.45, 2.75) is 19.1 Å². The second-order valence-electron chi connectivity index (χ2n) is 5.48. The van der Waals surface area contributed by atoms with E-state index in [0.717, 1.165) is 11.1 Å². The van der Waals surface area contributed by atoms with Crippen LogP contribution < -0.4 is 14.2 Å². The molecule has 0 radical (unpaired) electrons. The third-order valence-corrected chi connectivity index (χ3v) is 4.34. The van der Waals surface area contributed by atoms with Crippen molar-refractivity contribution in [1.82, 2.24) is 0 Å². The monoisotopic (exact) mass is 366 g/mol. The van der Waals surface area contributed by atoms with Gasteiger partial charge in [-0.3, -0.25) is 0 Å². The number of ether oxygens (including phenoxy) is 4. The Morgan fingerprint density at radius 1 is 1.17 bits per heavy atom. The first-order valence-electron chi connectivity index (χ1n) is 7.30. The molecular formula is C17H12Cl2O5. The summed E-state index contributed by atoms with van der Waals surface area (Å²) in [5.41, 5.74) is 1.62. The van der Waals surface area contributed by atoms with Gasteiger partial charge in [-0.05, 0) is 41.5 Å². The molecule has 0 N–H and O–H groups in total. The summed E-state index contributed by atoms with van der Waals surface area (Å²) in [5.74, 6) is 1.29. The van der Waals surface area contributed by atoms with Gasteiger partial charge in [0.25, 0.3) is 0 Å². The van der Waals surface area contributed by atoms with Crippen molar-refractivity contribution >= 4 is 29.2 Å². The largest absolute Gasteiger partial charge is 0.478 e. The molecule has 2 aromatic carbocycles. The third kappa shape index (κ3) is 2.85. The number of benzene rings is 2. The Morgan fingerprint density at radius 3 is 2.92 bits per heavy atom. The highest BCUT2D eigenvalue weighted by Gasteiger charge is 2.30. The minimum Gasteiger partial charge on any atom is -0.478 e. The van der Waals surface area contributed by atoms with Crippen LogP contribution in [0, 0.1) is 0 Å². The Morgan fingerprint density at radius 2 is 2.04 bits per heavy atom. The third-order valence-electron chi connectivity index (χ3n) is 3.83. The lowest BCUT2D eigenvalue weighted by atomic mass is 10.1. The Hall–Kier alpha value is -2.11. The molecule has 0 fully saturated rings.